The zero-order valence-corrected chi connectivity index (χ0v) is 23.1. The number of esters is 1. The van der Waals surface area contributed by atoms with Gasteiger partial charge in [0.2, 0.25) is 5.89 Å². The fourth-order valence-electron chi connectivity index (χ4n) is 5.04. The van der Waals surface area contributed by atoms with E-state index in [1.165, 1.54) is 17.4 Å². The van der Waals surface area contributed by atoms with Gasteiger partial charge in [0.15, 0.2) is 5.69 Å². The van der Waals surface area contributed by atoms with Gasteiger partial charge in [-0.25, -0.2) is 4.98 Å². The Morgan fingerprint density at radius 2 is 1.89 bits per heavy atom. The van der Waals surface area contributed by atoms with Crippen molar-refractivity contribution in [3.63, 3.8) is 0 Å². The first-order chi connectivity index (χ1) is 18.4. The van der Waals surface area contributed by atoms with E-state index < -0.39 is 0 Å². The number of morpholine rings is 1. The lowest BCUT2D eigenvalue weighted by Gasteiger charge is -2.31. The van der Waals surface area contributed by atoms with E-state index in [0.29, 0.717) is 43.7 Å². The standard InChI is InChI=1S/C29H42N4O5/c1-4-37-29(35)25-6-5-11-33(19-25)28(34)26-21-38-27(30-26)20-32(13-12-31-14-16-36-17-15-31)18-23-7-9-24(10-8-23)22(2)3/h7-10,21-22,25H,4-6,11-20H2,1-3H3. The number of oxazole rings is 1. The van der Waals surface area contributed by atoms with E-state index in [4.69, 9.17) is 13.9 Å². The molecule has 2 aliphatic heterocycles. The molecule has 2 aromatic rings. The van der Waals surface area contributed by atoms with Gasteiger partial charge in [0, 0.05) is 45.8 Å². The van der Waals surface area contributed by atoms with Crippen molar-refractivity contribution in [3.05, 3.63) is 53.2 Å². The number of amides is 1. The lowest BCUT2D eigenvalue weighted by atomic mass is 9.98. The van der Waals surface area contributed by atoms with Gasteiger partial charge in [0.1, 0.15) is 6.26 Å². The van der Waals surface area contributed by atoms with Crippen molar-refractivity contribution in [2.45, 2.75) is 52.6 Å². The molecule has 3 heterocycles. The molecule has 2 saturated heterocycles. The molecular formula is C29H42N4O5. The highest BCUT2D eigenvalue weighted by molar-refractivity contribution is 5.92. The van der Waals surface area contributed by atoms with Crippen molar-refractivity contribution in [1.29, 1.82) is 0 Å². The first-order valence-electron chi connectivity index (χ1n) is 13.9. The van der Waals surface area contributed by atoms with E-state index in [2.05, 4.69) is 52.9 Å². The summed E-state index contributed by atoms with van der Waals surface area (Å²) in [4.78, 5) is 36.3. The molecule has 0 radical (unpaired) electrons. The van der Waals surface area contributed by atoms with Crippen LogP contribution < -0.4 is 0 Å². The van der Waals surface area contributed by atoms with Gasteiger partial charge in [-0.1, -0.05) is 38.1 Å². The summed E-state index contributed by atoms with van der Waals surface area (Å²) >= 11 is 0. The van der Waals surface area contributed by atoms with Gasteiger partial charge in [-0.05, 0) is 36.8 Å². The van der Waals surface area contributed by atoms with Crippen molar-refractivity contribution < 1.29 is 23.5 Å². The molecule has 1 aromatic heterocycles. The summed E-state index contributed by atoms with van der Waals surface area (Å²) in [7, 11) is 0. The summed E-state index contributed by atoms with van der Waals surface area (Å²) in [5.74, 6) is 0.309. The summed E-state index contributed by atoms with van der Waals surface area (Å²) in [5.41, 5.74) is 2.85. The predicted molar refractivity (Wildman–Crippen MR) is 144 cm³/mol. The van der Waals surface area contributed by atoms with Crippen LogP contribution in [0.15, 0.2) is 34.9 Å². The Morgan fingerprint density at radius 3 is 2.61 bits per heavy atom. The van der Waals surface area contributed by atoms with E-state index >= 15 is 0 Å². The van der Waals surface area contributed by atoms with Crippen molar-refractivity contribution in [2.75, 3.05) is 59.1 Å². The summed E-state index contributed by atoms with van der Waals surface area (Å²) in [5, 5.41) is 0. The molecule has 4 rings (SSSR count). The highest BCUT2D eigenvalue weighted by atomic mass is 16.5. The Balaban J connectivity index is 1.40. The Morgan fingerprint density at radius 1 is 1.13 bits per heavy atom. The average molecular weight is 527 g/mol. The number of carbonyl (C=O) groups excluding carboxylic acids is 2. The summed E-state index contributed by atoms with van der Waals surface area (Å²) in [6.45, 7) is 14.0. The van der Waals surface area contributed by atoms with Crippen molar-refractivity contribution in [1.82, 2.24) is 19.7 Å². The Labute approximate surface area is 226 Å². The van der Waals surface area contributed by atoms with Gasteiger partial charge in [0.05, 0.1) is 32.3 Å². The van der Waals surface area contributed by atoms with Gasteiger partial charge < -0.3 is 18.8 Å². The molecule has 1 unspecified atom stereocenters. The molecule has 0 aliphatic carbocycles. The molecule has 0 N–H and O–H groups in total. The Hall–Kier alpha value is -2.75. The minimum atomic E-state index is -0.281. The maximum Gasteiger partial charge on any atom is 0.310 e. The molecule has 9 nitrogen and oxygen atoms in total. The normalized spacial score (nSPS) is 18.8. The number of hydrogen-bond acceptors (Lipinski definition) is 8. The van der Waals surface area contributed by atoms with Crippen LogP contribution in [0.2, 0.25) is 0 Å². The molecule has 9 heteroatoms. The van der Waals surface area contributed by atoms with Gasteiger partial charge in [-0.2, -0.15) is 0 Å². The van der Waals surface area contributed by atoms with Gasteiger partial charge in [-0.3, -0.25) is 19.4 Å². The first kappa shape index (κ1) is 28.3. The SMILES string of the molecule is CCOC(=O)C1CCCN(C(=O)c2coc(CN(CCN3CCOCC3)Cc3ccc(C(C)C)cc3)n2)C1. The van der Waals surface area contributed by atoms with Crippen LogP contribution >= 0.6 is 0 Å². The van der Waals surface area contributed by atoms with Crippen molar-refractivity contribution >= 4 is 11.9 Å². The van der Waals surface area contributed by atoms with Crippen LogP contribution in [0.3, 0.4) is 0 Å². The number of piperidine rings is 1. The minimum Gasteiger partial charge on any atom is -0.466 e. The largest absolute Gasteiger partial charge is 0.466 e. The van der Waals surface area contributed by atoms with E-state index in [-0.39, 0.29) is 17.8 Å². The molecule has 38 heavy (non-hydrogen) atoms. The summed E-state index contributed by atoms with van der Waals surface area (Å²) in [6.07, 6.45) is 2.96. The van der Waals surface area contributed by atoms with Crippen LogP contribution in [0.1, 0.15) is 67.0 Å². The number of likely N-dealkylation sites (tertiary alicyclic amines) is 1. The second-order valence-electron chi connectivity index (χ2n) is 10.5. The molecular weight excluding hydrogens is 484 g/mol. The average Bonchev–Trinajstić information content (AvgIpc) is 3.41. The maximum absolute atomic E-state index is 13.2. The first-order valence-corrected chi connectivity index (χ1v) is 13.9. The van der Waals surface area contributed by atoms with Crippen LogP contribution in [-0.4, -0.2) is 90.6 Å². The van der Waals surface area contributed by atoms with Gasteiger partial charge >= 0.3 is 5.97 Å². The van der Waals surface area contributed by atoms with Crippen LogP contribution in [0.4, 0.5) is 0 Å². The third-order valence-corrected chi connectivity index (χ3v) is 7.35. The van der Waals surface area contributed by atoms with Gasteiger partial charge in [-0.15, -0.1) is 0 Å². The van der Waals surface area contributed by atoms with E-state index in [1.807, 2.05) is 0 Å². The molecule has 1 aromatic carbocycles. The molecule has 0 spiro atoms. The number of aromatic nitrogens is 1. The topological polar surface area (TPSA) is 88.4 Å². The van der Waals surface area contributed by atoms with Gasteiger partial charge in [0.25, 0.3) is 5.91 Å². The number of ether oxygens (including phenoxy) is 2. The van der Waals surface area contributed by atoms with Crippen LogP contribution in [0, 0.1) is 5.92 Å². The lowest BCUT2D eigenvalue weighted by molar-refractivity contribution is -0.149. The number of rotatable bonds is 11. The Bertz CT molecular complexity index is 1030. The third-order valence-electron chi connectivity index (χ3n) is 7.35. The van der Waals surface area contributed by atoms with Crippen LogP contribution in [0.5, 0.6) is 0 Å². The fourth-order valence-corrected chi connectivity index (χ4v) is 5.04. The zero-order valence-electron chi connectivity index (χ0n) is 23.1. The number of nitrogens with zero attached hydrogens (tertiary/aromatic N) is 4. The van der Waals surface area contributed by atoms with Crippen LogP contribution in [0.25, 0.3) is 0 Å². The summed E-state index contributed by atoms with van der Waals surface area (Å²) < 4.78 is 16.4. The fraction of sp³-hybridized carbons (Fsp3) is 0.621. The quantitative estimate of drug-likeness (QED) is 0.411. The van der Waals surface area contributed by atoms with Crippen LogP contribution in [-0.2, 0) is 27.4 Å². The molecule has 1 atom stereocenters. The molecule has 208 valence electrons. The number of benzene rings is 1. The summed E-state index contributed by atoms with van der Waals surface area (Å²) in [6, 6.07) is 8.78. The monoisotopic (exact) mass is 526 g/mol. The maximum atomic E-state index is 13.2. The van der Waals surface area contributed by atoms with E-state index in [1.54, 1.807) is 11.8 Å². The second-order valence-corrected chi connectivity index (χ2v) is 10.5. The molecule has 2 fully saturated rings. The molecule has 1 amide bonds. The molecule has 2 aliphatic rings. The highest BCUT2D eigenvalue weighted by Crippen LogP contribution is 2.21. The zero-order chi connectivity index (χ0) is 26.9. The van der Waals surface area contributed by atoms with Crippen molar-refractivity contribution in [3.8, 4) is 0 Å². The predicted octanol–water partition coefficient (Wildman–Crippen LogP) is 3.55. The van der Waals surface area contributed by atoms with Crippen molar-refractivity contribution in [2.24, 2.45) is 5.92 Å². The highest BCUT2D eigenvalue weighted by Gasteiger charge is 2.31. The third kappa shape index (κ3) is 7.88. The number of carbonyl (C=O) groups is 2. The lowest BCUT2D eigenvalue weighted by Crippen LogP contribution is -2.43. The molecule has 0 bridgehead atoms. The minimum absolute atomic E-state index is 0.196. The van der Waals surface area contributed by atoms with E-state index in [9.17, 15) is 9.59 Å². The smallest absolute Gasteiger partial charge is 0.310 e. The number of hydrogen-bond donors (Lipinski definition) is 0. The Kier molecular flexibility index (Phi) is 10.3. The second kappa shape index (κ2) is 13.9. The van der Waals surface area contributed by atoms with E-state index in [0.717, 1.165) is 58.8 Å². The molecule has 0 saturated carbocycles.